The zero-order valence-corrected chi connectivity index (χ0v) is 9.52. The summed E-state index contributed by atoms with van der Waals surface area (Å²) in [5.74, 6) is 0. The Balaban J connectivity index is 2.11. The Labute approximate surface area is 85.0 Å². The zero-order chi connectivity index (χ0) is 9.73. The van der Waals surface area contributed by atoms with E-state index in [1.165, 1.54) is 25.1 Å². The van der Waals surface area contributed by atoms with Gasteiger partial charge < -0.3 is 0 Å². The number of rotatable bonds is 4. The summed E-state index contributed by atoms with van der Waals surface area (Å²) in [6, 6.07) is 0. The van der Waals surface area contributed by atoms with E-state index < -0.39 is 0 Å². The van der Waals surface area contributed by atoms with Gasteiger partial charge in [-0.3, -0.25) is 0 Å². The first kappa shape index (κ1) is 11.3. The van der Waals surface area contributed by atoms with E-state index >= 15 is 0 Å². The lowest BCUT2D eigenvalue weighted by Gasteiger charge is -2.34. The van der Waals surface area contributed by atoms with Crippen molar-refractivity contribution in [3.63, 3.8) is 0 Å². The molecule has 0 radical (unpaired) electrons. The summed E-state index contributed by atoms with van der Waals surface area (Å²) in [4.78, 5) is 4.81. The smallest absolute Gasteiger partial charge is 0.121 e. The fourth-order valence-corrected chi connectivity index (χ4v) is 1.84. The minimum absolute atomic E-state index is 0.503. The van der Waals surface area contributed by atoms with E-state index in [9.17, 15) is 0 Å². The summed E-state index contributed by atoms with van der Waals surface area (Å²) >= 11 is 1.33. The molecule has 0 aromatic heterocycles. The Bertz CT molecular complexity index is 143. The van der Waals surface area contributed by atoms with E-state index in [1.54, 1.807) is 0 Å². The van der Waals surface area contributed by atoms with E-state index in [0.717, 1.165) is 13.1 Å². The maximum absolute atomic E-state index is 4.93. The van der Waals surface area contributed by atoms with Crippen molar-refractivity contribution in [2.24, 2.45) is 5.41 Å². The molecule has 4 heteroatoms. The summed E-state index contributed by atoms with van der Waals surface area (Å²) < 4.78 is 7.14. The van der Waals surface area contributed by atoms with Gasteiger partial charge >= 0.3 is 0 Å². The molecule has 1 aliphatic heterocycles. The quantitative estimate of drug-likeness (QED) is 0.231. The van der Waals surface area contributed by atoms with Gasteiger partial charge in [0, 0.05) is 13.1 Å². The second-order valence-corrected chi connectivity index (χ2v) is 4.94. The zero-order valence-electron chi connectivity index (χ0n) is 8.71. The van der Waals surface area contributed by atoms with Crippen LogP contribution in [0.5, 0.6) is 0 Å². The molecule has 1 heterocycles. The highest BCUT2D eigenvalue weighted by molar-refractivity contribution is 7.92. The molecular formula is C9H19NO2S. The molecule has 3 nitrogen and oxygen atoms in total. The molecule has 0 aromatic rings. The van der Waals surface area contributed by atoms with Crippen molar-refractivity contribution in [3.05, 3.63) is 0 Å². The van der Waals surface area contributed by atoms with Crippen LogP contribution in [-0.4, -0.2) is 24.0 Å². The van der Waals surface area contributed by atoms with Gasteiger partial charge in [0.2, 0.25) is 0 Å². The number of hydrogen-bond donors (Lipinski definition) is 0. The Morgan fingerprint density at radius 1 is 1.31 bits per heavy atom. The molecule has 0 amide bonds. The third kappa shape index (κ3) is 4.31. The van der Waals surface area contributed by atoms with Crippen LogP contribution < -0.4 is 0 Å². The first-order valence-electron chi connectivity index (χ1n) is 4.85. The third-order valence-electron chi connectivity index (χ3n) is 2.38. The number of nitrogens with zero attached hydrogens (tertiary/aromatic N) is 1. The molecule has 0 bridgehead atoms. The van der Waals surface area contributed by atoms with Crippen LogP contribution in [0.25, 0.3) is 0 Å². The molecule has 0 N–H and O–H groups in total. The first-order chi connectivity index (χ1) is 6.14. The minimum Gasteiger partial charge on any atom is -0.224 e. The van der Waals surface area contributed by atoms with Gasteiger partial charge in [-0.2, -0.15) is 0 Å². The lowest BCUT2D eigenvalue weighted by atomic mass is 9.83. The molecule has 0 saturated carbocycles. The van der Waals surface area contributed by atoms with E-state index in [-0.39, 0.29) is 0 Å². The highest BCUT2D eigenvalue weighted by Crippen LogP contribution is 2.32. The van der Waals surface area contributed by atoms with Crippen LogP contribution in [0.4, 0.5) is 0 Å². The fourth-order valence-electron chi connectivity index (χ4n) is 1.28. The van der Waals surface area contributed by atoms with Gasteiger partial charge in [-0.15, -0.1) is 4.33 Å². The van der Waals surface area contributed by atoms with Crippen LogP contribution in [0.3, 0.4) is 0 Å². The summed E-state index contributed by atoms with van der Waals surface area (Å²) in [6.07, 6.45) is 2.46. The molecule has 1 saturated heterocycles. The van der Waals surface area contributed by atoms with E-state index in [4.69, 9.17) is 9.22 Å². The van der Waals surface area contributed by atoms with Crippen molar-refractivity contribution >= 4 is 12.2 Å². The maximum Gasteiger partial charge on any atom is 0.121 e. The third-order valence-corrected chi connectivity index (χ3v) is 3.11. The molecule has 0 unspecified atom stereocenters. The Hall–Kier alpha value is 0.230. The average Bonchev–Trinajstić information content (AvgIpc) is 2.08. The molecule has 0 atom stereocenters. The minimum atomic E-state index is 0.503. The fraction of sp³-hybridized carbons (Fsp3) is 1.00. The summed E-state index contributed by atoms with van der Waals surface area (Å²) in [7, 11) is 0. The normalized spacial score (nSPS) is 23.3. The highest BCUT2D eigenvalue weighted by Gasteiger charge is 2.25. The molecule has 1 fully saturated rings. The summed E-state index contributed by atoms with van der Waals surface area (Å²) in [6.45, 7) is 9.33. The first-order valence-corrected chi connectivity index (χ1v) is 5.55. The van der Waals surface area contributed by atoms with Gasteiger partial charge in [-0.05, 0) is 25.2 Å². The van der Waals surface area contributed by atoms with Crippen LogP contribution in [0.1, 0.15) is 33.6 Å². The van der Waals surface area contributed by atoms with Crippen molar-refractivity contribution in [1.82, 2.24) is 4.31 Å². The largest absolute Gasteiger partial charge is 0.224 e. The van der Waals surface area contributed by atoms with Gasteiger partial charge in [0.25, 0.3) is 0 Å². The maximum atomic E-state index is 4.93. The van der Waals surface area contributed by atoms with Gasteiger partial charge in [0.1, 0.15) is 12.2 Å². The van der Waals surface area contributed by atoms with Crippen molar-refractivity contribution in [2.45, 2.75) is 33.6 Å². The summed E-state index contributed by atoms with van der Waals surface area (Å²) in [5.41, 5.74) is 0.503. The van der Waals surface area contributed by atoms with Gasteiger partial charge in [0.15, 0.2) is 0 Å². The highest BCUT2D eigenvalue weighted by atomic mass is 32.2. The SMILES string of the molecule is CCOOSN1CCC(C)(C)CC1. The average molecular weight is 205 g/mol. The number of piperidine rings is 1. The van der Waals surface area contributed by atoms with Crippen LogP contribution in [0.2, 0.25) is 0 Å². The van der Waals surface area contributed by atoms with Crippen molar-refractivity contribution in [1.29, 1.82) is 0 Å². The molecule has 1 rings (SSSR count). The van der Waals surface area contributed by atoms with Crippen molar-refractivity contribution in [3.8, 4) is 0 Å². The standard InChI is InChI=1S/C9H19NO2S/c1-4-11-12-13-10-7-5-9(2,3)6-8-10/h4-8H2,1-3H3. The van der Waals surface area contributed by atoms with Gasteiger partial charge in [-0.25, -0.2) is 9.19 Å². The van der Waals surface area contributed by atoms with E-state index in [2.05, 4.69) is 18.2 Å². The van der Waals surface area contributed by atoms with Crippen LogP contribution in [0.15, 0.2) is 0 Å². The lowest BCUT2D eigenvalue weighted by Crippen LogP contribution is -2.33. The van der Waals surface area contributed by atoms with E-state index in [1.807, 2.05) is 6.92 Å². The Kier molecular flexibility index (Phi) is 4.52. The monoisotopic (exact) mass is 205 g/mol. The molecule has 0 spiro atoms. The molecule has 1 aliphatic rings. The Morgan fingerprint density at radius 2 is 1.92 bits per heavy atom. The van der Waals surface area contributed by atoms with E-state index in [0.29, 0.717) is 12.0 Å². The molecule has 0 aliphatic carbocycles. The van der Waals surface area contributed by atoms with Gasteiger partial charge in [-0.1, -0.05) is 13.8 Å². The van der Waals surface area contributed by atoms with Crippen molar-refractivity contribution in [2.75, 3.05) is 19.7 Å². The molecular weight excluding hydrogens is 186 g/mol. The second kappa shape index (κ2) is 5.20. The molecule has 0 aromatic carbocycles. The van der Waals surface area contributed by atoms with Crippen molar-refractivity contribution < 1.29 is 9.22 Å². The lowest BCUT2D eigenvalue weighted by molar-refractivity contribution is -0.189. The molecule has 13 heavy (non-hydrogen) atoms. The van der Waals surface area contributed by atoms with Crippen LogP contribution >= 0.6 is 12.2 Å². The van der Waals surface area contributed by atoms with Crippen LogP contribution in [0, 0.1) is 5.41 Å². The summed E-state index contributed by atoms with van der Waals surface area (Å²) in [5, 5.41) is 0. The predicted octanol–water partition coefficient (Wildman–Crippen LogP) is 2.64. The predicted molar refractivity (Wildman–Crippen MR) is 54.9 cm³/mol. The molecule has 78 valence electrons. The van der Waals surface area contributed by atoms with Crippen LogP contribution in [-0.2, 0) is 9.22 Å². The Morgan fingerprint density at radius 3 is 2.46 bits per heavy atom. The number of hydrogen-bond acceptors (Lipinski definition) is 4. The second-order valence-electron chi connectivity index (χ2n) is 4.14. The topological polar surface area (TPSA) is 21.7 Å². The van der Waals surface area contributed by atoms with Gasteiger partial charge in [0.05, 0.1) is 6.61 Å².